The predicted molar refractivity (Wildman–Crippen MR) is 72.5 cm³/mol. The van der Waals surface area contributed by atoms with Gasteiger partial charge in [-0.25, -0.2) is 0 Å². The molecule has 0 bridgehead atoms. The smallest absolute Gasteiger partial charge is 0.0810 e. The Hall–Kier alpha value is -0.420. The van der Waals surface area contributed by atoms with E-state index in [0.29, 0.717) is 19.8 Å². The lowest BCUT2D eigenvalue weighted by Crippen LogP contribution is -2.04. The second-order valence-corrected chi connectivity index (χ2v) is 5.17. The first-order valence-corrected chi connectivity index (χ1v) is 7.06. The first kappa shape index (κ1) is 14.6. The van der Waals surface area contributed by atoms with E-state index >= 15 is 0 Å². The molecule has 1 heterocycles. The maximum atomic E-state index is 5.56. The summed E-state index contributed by atoms with van der Waals surface area (Å²) in [6, 6.07) is 4.28. The summed E-state index contributed by atoms with van der Waals surface area (Å²) in [5.74, 6) is 0. The zero-order valence-corrected chi connectivity index (χ0v) is 11.6. The molecule has 0 aliphatic rings. The summed E-state index contributed by atoms with van der Waals surface area (Å²) in [6.07, 6.45) is 2.32. The second-order valence-electron chi connectivity index (χ2n) is 3.92. The molecule has 0 fully saturated rings. The molecular weight excluding hydrogens is 234 g/mol. The minimum atomic E-state index is 0.684. The fourth-order valence-electron chi connectivity index (χ4n) is 1.41. The summed E-state index contributed by atoms with van der Waals surface area (Å²) in [5.41, 5.74) is 0. The van der Waals surface area contributed by atoms with Gasteiger partial charge in [0, 0.05) is 22.9 Å². The van der Waals surface area contributed by atoms with Gasteiger partial charge in [0.2, 0.25) is 0 Å². The van der Waals surface area contributed by atoms with Crippen LogP contribution in [-0.4, -0.2) is 26.9 Å². The largest absolute Gasteiger partial charge is 0.379 e. The van der Waals surface area contributed by atoms with E-state index in [1.165, 1.54) is 16.2 Å². The molecule has 98 valence electrons. The molecule has 1 N–H and O–H groups in total. The van der Waals surface area contributed by atoms with Crippen molar-refractivity contribution in [3.05, 3.63) is 21.9 Å². The first-order chi connectivity index (χ1) is 8.36. The molecule has 0 aliphatic heterocycles. The Labute approximate surface area is 108 Å². The topological polar surface area (TPSA) is 30.5 Å². The lowest BCUT2D eigenvalue weighted by molar-refractivity contribution is 0.0406. The minimum Gasteiger partial charge on any atom is -0.379 e. The summed E-state index contributed by atoms with van der Waals surface area (Å²) >= 11 is 1.80. The quantitative estimate of drug-likeness (QED) is 0.654. The number of rotatable bonds is 10. The number of nitrogens with one attached hydrogen (secondary N) is 1. The normalized spacial score (nSPS) is 10.9. The molecule has 0 aromatic carbocycles. The summed E-state index contributed by atoms with van der Waals surface area (Å²) in [7, 11) is 1.96. The minimum absolute atomic E-state index is 0.684. The van der Waals surface area contributed by atoms with Gasteiger partial charge in [-0.3, -0.25) is 0 Å². The van der Waals surface area contributed by atoms with Crippen LogP contribution in [-0.2, 0) is 22.6 Å². The third-order valence-corrected chi connectivity index (χ3v) is 3.39. The Kier molecular flexibility index (Phi) is 8.26. The maximum absolute atomic E-state index is 5.56. The molecule has 1 aromatic rings. The standard InChI is InChI=1S/C13H23NO2S/c1-3-4-7-15-8-9-16-11-13-6-5-12(17-13)10-14-2/h5-6,14H,3-4,7-11H2,1-2H3. The van der Waals surface area contributed by atoms with Crippen LogP contribution >= 0.6 is 11.3 Å². The van der Waals surface area contributed by atoms with Gasteiger partial charge in [0.05, 0.1) is 19.8 Å². The molecule has 17 heavy (non-hydrogen) atoms. The molecule has 3 nitrogen and oxygen atoms in total. The van der Waals surface area contributed by atoms with Crippen LogP contribution in [0, 0.1) is 0 Å². The van der Waals surface area contributed by atoms with Gasteiger partial charge in [0.15, 0.2) is 0 Å². The average Bonchev–Trinajstić information content (AvgIpc) is 2.76. The highest BCUT2D eigenvalue weighted by molar-refractivity contribution is 7.11. The summed E-state index contributed by atoms with van der Waals surface area (Å²) in [5, 5.41) is 3.14. The summed E-state index contributed by atoms with van der Waals surface area (Å²) in [4.78, 5) is 2.63. The highest BCUT2D eigenvalue weighted by Crippen LogP contribution is 2.16. The molecule has 0 amide bonds. The third-order valence-electron chi connectivity index (χ3n) is 2.33. The van der Waals surface area contributed by atoms with Crippen LogP contribution in [0.1, 0.15) is 29.5 Å². The zero-order valence-electron chi connectivity index (χ0n) is 10.8. The van der Waals surface area contributed by atoms with E-state index in [4.69, 9.17) is 9.47 Å². The maximum Gasteiger partial charge on any atom is 0.0810 e. The Balaban J connectivity index is 2.01. The highest BCUT2D eigenvalue weighted by atomic mass is 32.1. The molecule has 0 radical (unpaired) electrons. The second kappa shape index (κ2) is 9.59. The average molecular weight is 257 g/mol. The molecular formula is C13H23NO2S. The molecule has 0 spiro atoms. The van der Waals surface area contributed by atoms with E-state index in [1.54, 1.807) is 11.3 Å². The van der Waals surface area contributed by atoms with Crippen molar-refractivity contribution >= 4 is 11.3 Å². The van der Waals surface area contributed by atoms with Crippen molar-refractivity contribution in [3.8, 4) is 0 Å². The van der Waals surface area contributed by atoms with Crippen molar-refractivity contribution in [2.75, 3.05) is 26.9 Å². The van der Waals surface area contributed by atoms with Crippen molar-refractivity contribution in [2.45, 2.75) is 32.9 Å². The van der Waals surface area contributed by atoms with Crippen molar-refractivity contribution < 1.29 is 9.47 Å². The molecule has 1 aromatic heterocycles. The Morgan fingerprint density at radius 1 is 1.12 bits per heavy atom. The highest BCUT2D eigenvalue weighted by Gasteiger charge is 1.99. The van der Waals surface area contributed by atoms with E-state index in [9.17, 15) is 0 Å². The van der Waals surface area contributed by atoms with E-state index < -0.39 is 0 Å². The van der Waals surface area contributed by atoms with Gasteiger partial charge in [-0.05, 0) is 25.6 Å². The molecule has 1 rings (SSSR count). The van der Waals surface area contributed by atoms with Crippen LogP contribution in [0.25, 0.3) is 0 Å². The van der Waals surface area contributed by atoms with Gasteiger partial charge >= 0.3 is 0 Å². The van der Waals surface area contributed by atoms with Crippen molar-refractivity contribution in [2.24, 2.45) is 0 Å². The van der Waals surface area contributed by atoms with Gasteiger partial charge in [-0.15, -0.1) is 11.3 Å². The van der Waals surface area contributed by atoms with E-state index in [-0.39, 0.29) is 0 Å². The van der Waals surface area contributed by atoms with Crippen LogP contribution < -0.4 is 5.32 Å². The predicted octanol–water partition coefficient (Wildman–Crippen LogP) is 2.80. The summed E-state index contributed by atoms with van der Waals surface area (Å²) in [6.45, 7) is 6.04. The summed E-state index contributed by atoms with van der Waals surface area (Å²) < 4.78 is 11.0. The van der Waals surface area contributed by atoms with Gasteiger partial charge in [-0.2, -0.15) is 0 Å². The van der Waals surface area contributed by atoms with E-state index in [0.717, 1.165) is 19.6 Å². The monoisotopic (exact) mass is 257 g/mol. The number of thiophene rings is 1. The Bertz CT molecular complexity index is 289. The fraction of sp³-hybridized carbons (Fsp3) is 0.692. The van der Waals surface area contributed by atoms with E-state index in [1.807, 2.05) is 7.05 Å². The molecule has 0 atom stereocenters. The molecule has 0 unspecified atom stereocenters. The van der Waals surface area contributed by atoms with Crippen LogP contribution in [0.4, 0.5) is 0 Å². The fourth-order valence-corrected chi connectivity index (χ4v) is 2.38. The number of hydrogen-bond donors (Lipinski definition) is 1. The van der Waals surface area contributed by atoms with Crippen LogP contribution in [0.5, 0.6) is 0 Å². The Morgan fingerprint density at radius 3 is 2.65 bits per heavy atom. The zero-order chi connectivity index (χ0) is 12.3. The van der Waals surface area contributed by atoms with Crippen molar-refractivity contribution in [1.29, 1.82) is 0 Å². The lowest BCUT2D eigenvalue weighted by atomic mass is 10.4. The molecule has 4 heteroatoms. The van der Waals surface area contributed by atoms with Crippen LogP contribution in [0.15, 0.2) is 12.1 Å². The number of unbranched alkanes of at least 4 members (excludes halogenated alkanes) is 1. The van der Waals surface area contributed by atoms with E-state index in [2.05, 4.69) is 24.4 Å². The van der Waals surface area contributed by atoms with Gasteiger partial charge < -0.3 is 14.8 Å². The van der Waals surface area contributed by atoms with Crippen LogP contribution in [0.2, 0.25) is 0 Å². The van der Waals surface area contributed by atoms with Gasteiger partial charge in [-0.1, -0.05) is 13.3 Å². The van der Waals surface area contributed by atoms with Crippen molar-refractivity contribution in [3.63, 3.8) is 0 Å². The molecule has 0 saturated heterocycles. The SMILES string of the molecule is CCCCOCCOCc1ccc(CNC)s1. The number of ether oxygens (including phenoxy) is 2. The molecule has 0 saturated carbocycles. The number of hydrogen-bond acceptors (Lipinski definition) is 4. The van der Waals surface area contributed by atoms with Gasteiger partial charge in [0.1, 0.15) is 0 Å². The lowest BCUT2D eigenvalue weighted by Gasteiger charge is -2.04. The van der Waals surface area contributed by atoms with Crippen molar-refractivity contribution in [1.82, 2.24) is 5.32 Å². The Morgan fingerprint density at radius 2 is 1.88 bits per heavy atom. The third kappa shape index (κ3) is 6.78. The van der Waals surface area contributed by atoms with Gasteiger partial charge in [0.25, 0.3) is 0 Å². The van der Waals surface area contributed by atoms with Crippen LogP contribution in [0.3, 0.4) is 0 Å². The first-order valence-electron chi connectivity index (χ1n) is 6.24. The molecule has 0 aliphatic carbocycles.